The number of nitrogens with zero attached hydrogens (tertiary/aromatic N) is 2. The summed E-state index contributed by atoms with van der Waals surface area (Å²) in [6.07, 6.45) is 1.95. The van der Waals surface area contributed by atoms with Crippen molar-refractivity contribution in [3.8, 4) is 0 Å². The molecule has 0 fully saturated rings. The van der Waals surface area contributed by atoms with Crippen LogP contribution in [0.5, 0.6) is 0 Å². The third kappa shape index (κ3) is 5.78. The third-order valence-electron chi connectivity index (χ3n) is 5.28. The first-order valence-corrected chi connectivity index (χ1v) is 12.4. The molecular weight excluding hydrogens is 403 g/mol. The summed E-state index contributed by atoms with van der Waals surface area (Å²) in [5.74, 6) is -0.515. The van der Waals surface area contributed by atoms with E-state index in [2.05, 4.69) is 96.0 Å². The van der Waals surface area contributed by atoms with Gasteiger partial charge in [0.1, 0.15) is 23.2 Å². The first-order chi connectivity index (χ1) is 15.0. The first kappa shape index (κ1) is 22.7. The second kappa shape index (κ2) is 10.9. The van der Waals surface area contributed by atoms with Gasteiger partial charge in [-0.2, -0.15) is 4.99 Å². The zero-order valence-electron chi connectivity index (χ0n) is 17.9. The molecule has 0 heterocycles. The molecule has 3 aromatic rings. The maximum absolute atomic E-state index is 11.9. The molecule has 4 N–H and O–H groups in total. The van der Waals surface area contributed by atoms with Gasteiger partial charge >= 0.3 is 0 Å². The highest BCUT2D eigenvalue weighted by molar-refractivity contribution is 7.95. The molecule has 0 aromatic heterocycles. The van der Waals surface area contributed by atoms with Gasteiger partial charge in [-0.05, 0) is 49.9 Å². The number of hydrogen-bond donors (Lipinski definition) is 2. The lowest BCUT2D eigenvalue weighted by molar-refractivity contribution is -0.118. The molecule has 0 spiro atoms. The number of carbonyl (C=O) groups excluding carboxylic acids is 1. The van der Waals surface area contributed by atoms with Gasteiger partial charge in [0.05, 0.1) is 12.7 Å². The Labute approximate surface area is 185 Å². The van der Waals surface area contributed by atoms with Crippen LogP contribution < -0.4 is 27.4 Å². The topological polar surface area (TPSA) is 84.7 Å². The van der Waals surface area contributed by atoms with E-state index in [1.54, 1.807) is 0 Å². The smallest absolute Gasteiger partial charge is 0.263 e. The average molecular weight is 434 g/mol. The number of hydrogen-bond acceptors (Lipinski definition) is 2. The number of aliphatic imine (C=N–C) groups is 1. The molecule has 0 radical (unpaired) electrons. The van der Waals surface area contributed by atoms with Gasteiger partial charge in [-0.15, -0.1) is 0 Å². The first-order valence-electron chi connectivity index (χ1n) is 10.4. The van der Waals surface area contributed by atoms with E-state index >= 15 is 0 Å². The van der Waals surface area contributed by atoms with E-state index in [9.17, 15) is 4.79 Å². The van der Waals surface area contributed by atoms with Crippen LogP contribution >= 0.6 is 7.26 Å². The normalized spacial score (nSPS) is 11.3. The second-order valence-electron chi connectivity index (χ2n) is 7.56. The van der Waals surface area contributed by atoms with Crippen molar-refractivity contribution >= 4 is 35.0 Å². The van der Waals surface area contributed by atoms with Crippen LogP contribution in [-0.2, 0) is 4.79 Å². The van der Waals surface area contributed by atoms with Crippen molar-refractivity contribution in [2.45, 2.75) is 6.42 Å². The van der Waals surface area contributed by atoms with Crippen molar-refractivity contribution in [3.05, 3.63) is 91.0 Å². The zero-order valence-corrected chi connectivity index (χ0v) is 18.8. The number of carbonyl (C=O) groups is 1. The Hall–Kier alpha value is -3.01. The van der Waals surface area contributed by atoms with Gasteiger partial charge in [0.15, 0.2) is 5.96 Å². The minimum absolute atomic E-state index is 0.194. The van der Waals surface area contributed by atoms with E-state index in [0.717, 1.165) is 19.1 Å². The average Bonchev–Trinajstić information content (AvgIpc) is 2.78. The molecule has 160 valence electrons. The Morgan fingerprint density at radius 2 is 1.23 bits per heavy atom. The maximum atomic E-state index is 11.9. The lowest BCUT2D eigenvalue weighted by Gasteiger charge is -2.28. The Balaban J connectivity index is 1.91. The van der Waals surface area contributed by atoms with Gasteiger partial charge in [-0.1, -0.05) is 54.6 Å². The molecule has 0 aliphatic carbocycles. The van der Waals surface area contributed by atoms with E-state index in [-0.39, 0.29) is 18.4 Å². The van der Waals surface area contributed by atoms with Crippen LogP contribution in [0, 0.1) is 0 Å². The quantitative estimate of drug-likeness (QED) is 0.308. The van der Waals surface area contributed by atoms with Crippen LogP contribution in [0.15, 0.2) is 96.0 Å². The van der Waals surface area contributed by atoms with E-state index in [0.29, 0.717) is 0 Å². The summed E-state index contributed by atoms with van der Waals surface area (Å²) >= 11 is 0. The Kier molecular flexibility index (Phi) is 7.94. The SMILES string of the molecule is CN(CCC[P+](c1ccccc1)(c1ccccc1)c1ccccc1)CC(=O)N=C(N)N. The molecule has 0 atom stereocenters. The van der Waals surface area contributed by atoms with Crippen molar-refractivity contribution < 1.29 is 4.79 Å². The van der Waals surface area contributed by atoms with Gasteiger partial charge in [0.25, 0.3) is 5.91 Å². The molecule has 0 unspecified atom stereocenters. The molecule has 0 bridgehead atoms. The summed E-state index contributed by atoms with van der Waals surface area (Å²) in [5, 5.41) is 4.10. The molecule has 3 aromatic carbocycles. The van der Waals surface area contributed by atoms with Crippen LogP contribution in [-0.4, -0.2) is 43.1 Å². The minimum atomic E-state index is -1.85. The van der Waals surface area contributed by atoms with Crippen molar-refractivity contribution in [1.29, 1.82) is 0 Å². The highest BCUT2D eigenvalue weighted by atomic mass is 31.2. The predicted octanol–water partition coefficient (Wildman–Crippen LogP) is 2.10. The molecule has 0 saturated carbocycles. The summed E-state index contributed by atoms with van der Waals surface area (Å²) < 4.78 is 0. The van der Waals surface area contributed by atoms with Crippen LogP contribution in [0.1, 0.15) is 6.42 Å². The molecule has 3 rings (SSSR count). The van der Waals surface area contributed by atoms with Crippen molar-refractivity contribution in [3.63, 3.8) is 0 Å². The number of nitrogens with two attached hydrogens (primary N) is 2. The zero-order chi connectivity index (χ0) is 22.1. The van der Waals surface area contributed by atoms with Crippen molar-refractivity contribution in [2.75, 3.05) is 26.3 Å². The van der Waals surface area contributed by atoms with Crippen LogP contribution in [0.4, 0.5) is 0 Å². The number of likely N-dealkylation sites (N-methyl/N-ethyl adjacent to an activating group) is 1. The molecule has 6 heteroatoms. The lowest BCUT2D eigenvalue weighted by atomic mass is 10.3. The molecule has 31 heavy (non-hydrogen) atoms. The Bertz CT molecular complexity index is 893. The Morgan fingerprint density at radius 1 is 0.806 bits per heavy atom. The van der Waals surface area contributed by atoms with Crippen LogP contribution in [0.25, 0.3) is 0 Å². The van der Waals surface area contributed by atoms with Crippen molar-refractivity contribution in [1.82, 2.24) is 4.90 Å². The molecule has 0 aliphatic heterocycles. The predicted molar refractivity (Wildman–Crippen MR) is 133 cm³/mol. The van der Waals surface area contributed by atoms with E-state index in [1.807, 2.05) is 11.9 Å². The molecular formula is C25H30N4OP+. The Morgan fingerprint density at radius 3 is 1.61 bits per heavy atom. The standard InChI is InChI=1S/C25H29N4OP/c1-29(20-24(30)28-25(26)27)18-11-19-31(21-12-5-2-6-13-21,22-14-7-3-8-15-22)23-16-9-4-10-17-23/h2-10,12-17H,11,18-20H2,1H3,(H3-,26,27,28,30)/p+1. The molecule has 1 amide bonds. The van der Waals surface area contributed by atoms with Gasteiger partial charge in [0.2, 0.25) is 0 Å². The number of benzene rings is 3. The summed E-state index contributed by atoms with van der Waals surface area (Å²) in [5.41, 5.74) is 10.6. The number of guanidine groups is 1. The molecule has 0 saturated heterocycles. The fourth-order valence-electron chi connectivity index (χ4n) is 3.95. The highest BCUT2D eigenvalue weighted by Gasteiger charge is 2.44. The molecule has 0 aliphatic rings. The number of amides is 1. The van der Waals surface area contributed by atoms with E-state index < -0.39 is 7.26 Å². The largest absolute Gasteiger partial charge is 0.370 e. The minimum Gasteiger partial charge on any atom is -0.370 e. The maximum Gasteiger partial charge on any atom is 0.263 e. The lowest BCUT2D eigenvalue weighted by Crippen LogP contribution is -2.35. The van der Waals surface area contributed by atoms with E-state index in [1.165, 1.54) is 15.9 Å². The number of rotatable bonds is 9. The fourth-order valence-corrected chi connectivity index (χ4v) is 8.28. The van der Waals surface area contributed by atoms with Crippen LogP contribution in [0.2, 0.25) is 0 Å². The summed E-state index contributed by atoms with van der Waals surface area (Å²) in [7, 11) is 0.0790. The van der Waals surface area contributed by atoms with Gasteiger partial charge < -0.3 is 11.5 Å². The highest BCUT2D eigenvalue weighted by Crippen LogP contribution is 2.55. The van der Waals surface area contributed by atoms with E-state index in [4.69, 9.17) is 11.5 Å². The van der Waals surface area contributed by atoms with Gasteiger partial charge in [0, 0.05) is 6.54 Å². The van der Waals surface area contributed by atoms with Crippen LogP contribution in [0.3, 0.4) is 0 Å². The monoisotopic (exact) mass is 433 g/mol. The summed E-state index contributed by atoms with van der Waals surface area (Å²) in [6.45, 7) is 0.978. The summed E-state index contributed by atoms with van der Waals surface area (Å²) in [4.78, 5) is 17.5. The van der Waals surface area contributed by atoms with Gasteiger partial charge in [-0.25, -0.2) is 0 Å². The summed E-state index contributed by atoms with van der Waals surface area (Å²) in [6, 6.07) is 32.4. The molecule has 5 nitrogen and oxygen atoms in total. The van der Waals surface area contributed by atoms with Crippen molar-refractivity contribution in [2.24, 2.45) is 16.5 Å². The second-order valence-corrected chi connectivity index (χ2v) is 11.2. The fraction of sp³-hybridized carbons (Fsp3) is 0.200. The third-order valence-corrected chi connectivity index (χ3v) is 9.81. The van der Waals surface area contributed by atoms with Gasteiger partial charge in [-0.3, -0.25) is 9.69 Å².